The van der Waals surface area contributed by atoms with Gasteiger partial charge in [-0.1, -0.05) is 24.3 Å². The zero-order chi connectivity index (χ0) is 23.9. The molecule has 2 aromatic carbocycles. The van der Waals surface area contributed by atoms with Crippen molar-refractivity contribution < 1.29 is 14.3 Å². The molecule has 1 aliphatic heterocycles. The Morgan fingerprint density at radius 2 is 1.94 bits per heavy atom. The number of ether oxygens (including phenoxy) is 2. The molecule has 1 saturated heterocycles. The number of rotatable bonds is 9. The van der Waals surface area contributed by atoms with Crippen LogP contribution in [0.2, 0.25) is 0 Å². The Morgan fingerprint density at radius 3 is 2.71 bits per heavy atom. The predicted molar refractivity (Wildman–Crippen MR) is 134 cm³/mol. The van der Waals surface area contributed by atoms with Crippen LogP contribution in [0.1, 0.15) is 27.9 Å². The molecule has 2 heterocycles. The molecule has 0 spiro atoms. The van der Waals surface area contributed by atoms with Gasteiger partial charge in [-0.3, -0.25) is 19.1 Å². The molecule has 9 heteroatoms. The molecule has 1 amide bonds. The summed E-state index contributed by atoms with van der Waals surface area (Å²) < 4.78 is 12.4. The smallest absolute Gasteiger partial charge is 0.262 e. The van der Waals surface area contributed by atoms with Gasteiger partial charge in [0, 0.05) is 52.0 Å². The first kappa shape index (κ1) is 24.3. The highest BCUT2D eigenvalue weighted by molar-refractivity contribution is 7.71. The summed E-state index contributed by atoms with van der Waals surface area (Å²) in [5.41, 5.74) is 3.14. The van der Waals surface area contributed by atoms with E-state index in [4.69, 9.17) is 21.7 Å². The Bertz CT molecular complexity index is 1260. The lowest BCUT2D eigenvalue weighted by molar-refractivity contribution is 0.0340. The van der Waals surface area contributed by atoms with Crippen LogP contribution in [0.3, 0.4) is 0 Å². The number of morpholine rings is 1. The summed E-state index contributed by atoms with van der Waals surface area (Å²) in [5, 5.41) is 3.51. The molecule has 0 unspecified atom stereocenters. The number of benzene rings is 2. The summed E-state index contributed by atoms with van der Waals surface area (Å²) in [4.78, 5) is 31.2. The minimum Gasteiger partial charge on any atom is -0.385 e. The Hall–Kier alpha value is -2.85. The highest BCUT2D eigenvalue weighted by Crippen LogP contribution is 2.15. The maximum absolute atomic E-state index is 12.9. The molecule has 0 saturated carbocycles. The zero-order valence-corrected chi connectivity index (χ0v) is 20.2. The first-order valence-electron chi connectivity index (χ1n) is 11.5. The molecule has 1 aliphatic rings. The van der Waals surface area contributed by atoms with E-state index >= 15 is 0 Å². The third-order valence-corrected chi connectivity index (χ3v) is 6.35. The van der Waals surface area contributed by atoms with Crippen molar-refractivity contribution >= 4 is 29.0 Å². The van der Waals surface area contributed by atoms with Crippen LogP contribution < -0.4 is 10.9 Å². The number of hydrogen-bond acceptors (Lipinski definition) is 6. The minimum absolute atomic E-state index is 0.168. The number of H-pyrrole nitrogens is 1. The first-order valence-corrected chi connectivity index (χ1v) is 11.9. The molecule has 0 aliphatic carbocycles. The number of nitrogens with one attached hydrogen (secondary N) is 2. The molecular formula is C25H30N4O4S. The second-order valence-corrected chi connectivity index (χ2v) is 8.72. The number of methoxy groups -OCH3 is 1. The number of amides is 1. The monoisotopic (exact) mass is 482 g/mol. The van der Waals surface area contributed by atoms with Gasteiger partial charge in [-0.15, -0.1) is 0 Å². The van der Waals surface area contributed by atoms with Gasteiger partial charge in [0.15, 0.2) is 4.77 Å². The summed E-state index contributed by atoms with van der Waals surface area (Å²) in [7, 11) is 1.62. The van der Waals surface area contributed by atoms with Crippen LogP contribution in [0.15, 0.2) is 47.3 Å². The van der Waals surface area contributed by atoms with Gasteiger partial charge < -0.3 is 19.8 Å². The normalized spacial score (nSPS) is 14.4. The third kappa shape index (κ3) is 5.79. The lowest BCUT2D eigenvalue weighted by atomic mass is 10.1. The summed E-state index contributed by atoms with van der Waals surface area (Å²) in [6.45, 7) is 5.61. The number of carbonyl (C=O) groups excluding carboxylic acids is 1. The van der Waals surface area contributed by atoms with Crippen molar-refractivity contribution in [3.63, 3.8) is 0 Å². The van der Waals surface area contributed by atoms with Gasteiger partial charge >= 0.3 is 0 Å². The number of nitrogens with zero attached hydrogens (tertiary/aromatic N) is 2. The van der Waals surface area contributed by atoms with Crippen molar-refractivity contribution in [3.8, 4) is 0 Å². The number of carbonyl (C=O) groups is 1. The molecule has 180 valence electrons. The van der Waals surface area contributed by atoms with Gasteiger partial charge in [-0.2, -0.15) is 0 Å². The molecule has 0 atom stereocenters. The second-order valence-electron chi connectivity index (χ2n) is 8.33. The Balaban J connectivity index is 1.47. The highest BCUT2D eigenvalue weighted by atomic mass is 32.1. The van der Waals surface area contributed by atoms with E-state index in [2.05, 4.69) is 21.3 Å². The fourth-order valence-corrected chi connectivity index (χ4v) is 4.41. The van der Waals surface area contributed by atoms with Crippen molar-refractivity contribution in [1.82, 2.24) is 19.8 Å². The molecule has 2 N–H and O–H groups in total. The van der Waals surface area contributed by atoms with Crippen LogP contribution >= 0.6 is 12.2 Å². The quantitative estimate of drug-likeness (QED) is 0.360. The van der Waals surface area contributed by atoms with E-state index in [9.17, 15) is 9.59 Å². The van der Waals surface area contributed by atoms with E-state index in [0.29, 0.717) is 47.4 Å². The molecule has 3 aromatic rings. The largest absolute Gasteiger partial charge is 0.385 e. The summed E-state index contributed by atoms with van der Waals surface area (Å²) in [6.07, 6.45) is 0.687. The predicted octanol–water partition coefficient (Wildman–Crippen LogP) is 2.86. The average Bonchev–Trinajstić information content (AvgIpc) is 2.85. The van der Waals surface area contributed by atoms with E-state index in [1.54, 1.807) is 25.3 Å². The van der Waals surface area contributed by atoms with Gasteiger partial charge in [-0.05, 0) is 48.0 Å². The maximum Gasteiger partial charge on any atom is 0.262 e. The van der Waals surface area contributed by atoms with Gasteiger partial charge in [0.05, 0.1) is 24.1 Å². The van der Waals surface area contributed by atoms with Crippen LogP contribution in [-0.2, 0) is 29.1 Å². The summed E-state index contributed by atoms with van der Waals surface area (Å²) in [6, 6.07) is 13.2. The van der Waals surface area contributed by atoms with Crippen molar-refractivity contribution in [3.05, 3.63) is 74.3 Å². The summed E-state index contributed by atoms with van der Waals surface area (Å²) in [5.74, 6) is -0.202. The summed E-state index contributed by atoms with van der Waals surface area (Å²) >= 11 is 5.38. The number of aromatic nitrogens is 2. The van der Waals surface area contributed by atoms with Crippen molar-refractivity contribution in [2.24, 2.45) is 0 Å². The average molecular weight is 483 g/mol. The van der Waals surface area contributed by atoms with Crippen molar-refractivity contribution in [2.75, 3.05) is 40.0 Å². The first-order chi connectivity index (χ1) is 16.6. The van der Waals surface area contributed by atoms with Gasteiger partial charge in [0.2, 0.25) is 0 Å². The van der Waals surface area contributed by atoms with Crippen LogP contribution in [-0.4, -0.2) is 60.4 Å². The molecule has 4 rings (SSSR count). The fraction of sp³-hybridized carbons (Fsp3) is 0.400. The van der Waals surface area contributed by atoms with E-state index in [1.165, 1.54) is 10.1 Å². The minimum atomic E-state index is -0.202. The standard InChI is InChI=1S/C25H30N4O4S/c1-32-12-4-9-29-24(31)21-8-7-18(15-22(21)27-25(29)34)23(30)26-16-19-5-2-3-6-20(19)17-28-10-13-33-14-11-28/h2-3,5-8,15H,4,9-14,16-17H2,1H3,(H,26,30)(H,27,34). The highest BCUT2D eigenvalue weighted by Gasteiger charge is 2.14. The Kier molecular flexibility index (Phi) is 8.23. The van der Waals surface area contributed by atoms with E-state index in [-0.39, 0.29) is 11.5 Å². The SMILES string of the molecule is COCCCn1c(=S)[nH]c2cc(C(=O)NCc3ccccc3CN3CCOCC3)ccc2c1=O. The van der Waals surface area contributed by atoms with Crippen LogP contribution in [0.4, 0.5) is 0 Å². The number of hydrogen-bond donors (Lipinski definition) is 2. The Morgan fingerprint density at radius 1 is 1.18 bits per heavy atom. The van der Waals surface area contributed by atoms with E-state index < -0.39 is 0 Å². The van der Waals surface area contributed by atoms with Gasteiger partial charge in [0.1, 0.15) is 0 Å². The van der Waals surface area contributed by atoms with Crippen molar-refractivity contribution in [2.45, 2.75) is 26.1 Å². The molecule has 34 heavy (non-hydrogen) atoms. The van der Waals surface area contributed by atoms with E-state index in [1.807, 2.05) is 18.2 Å². The van der Waals surface area contributed by atoms with Crippen LogP contribution in [0.25, 0.3) is 10.9 Å². The third-order valence-electron chi connectivity index (χ3n) is 6.03. The lowest BCUT2D eigenvalue weighted by Crippen LogP contribution is -2.36. The van der Waals surface area contributed by atoms with Crippen LogP contribution in [0.5, 0.6) is 0 Å². The van der Waals surface area contributed by atoms with Crippen LogP contribution in [0, 0.1) is 4.77 Å². The maximum atomic E-state index is 12.9. The molecule has 0 bridgehead atoms. The number of fused-ring (bicyclic) bond motifs is 1. The molecule has 8 nitrogen and oxygen atoms in total. The molecule has 1 fully saturated rings. The zero-order valence-electron chi connectivity index (χ0n) is 19.3. The van der Waals surface area contributed by atoms with Gasteiger partial charge in [0.25, 0.3) is 11.5 Å². The topological polar surface area (TPSA) is 88.6 Å². The second kappa shape index (κ2) is 11.5. The van der Waals surface area contributed by atoms with Crippen molar-refractivity contribution in [1.29, 1.82) is 0 Å². The molecular weight excluding hydrogens is 452 g/mol. The Labute approximate surface area is 203 Å². The van der Waals surface area contributed by atoms with E-state index in [0.717, 1.165) is 38.4 Å². The molecule has 0 radical (unpaired) electrons. The van der Waals surface area contributed by atoms with Gasteiger partial charge in [-0.25, -0.2) is 0 Å². The molecule has 1 aromatic heterocycles. The lowest BCUT2D eigenvalue weighted by Gasteiger charge is -2.27. The number of aromatic amines is 1. The fourth-order valence-electron chi connectivity index (χ4n) is 4.13.